The highest BCUT2D eigenvalue weighted by Gasteiger charge is 2.36. The van der Waals surface area contributed by atoms with Crippen LogP contribution < -0.4 is 19.2 Å². The van der Waals surface area contributed by atoms with Crippen LogP contribution in [0.3, 0.4) is 0 Å². The van der Waals surface area contributed by atoms with E-state index >= 15 is 0 Å². The van der Waals surface area contributed by atoms with E-state index in [0.29, 0.717) is 32.6 Å². The molecule has 2 heterocycles. The first-order valence-electron chi connectivity index (χ1n) is 8.91. The molecule has 3 aromatic rings. The van der Waals surface area contributed by atoms with Crippen LogP contribution >= 0.6 is 15.9 Å². The summed E-state index contributed by atoms with van der Waals surface area (Å²) in [4.78, 5) is 12.6. The Morgan fingerprint density at radius 3 is 2.70 bits per heavy atom. The molecule has 0 bridgehead atoms. The van der Waals surface area contributed by atoms with Crippen LogP contribution in [0.1, 0.15) is 5.56 Å². The number of ether oxygens (including phenoxy) is 2. The van der Waals surface area contributed by atoms with E-state index < -0.39 is 15.9 Å². The maximum absolute atomic E-state index is 12.9. The van der Waals surface area contributed by atoms with Crippen molar-refractivity contribution in [3.63, 3.8) is 0 Å². The van der Waals surface area contributed by atoms with Crippen molar-refractivity contribution in [1.82, 2.24) is 5.43 Å². The summed E-state index contributed by atoms with van der Waals surface area (Å²) < 4.78 is 38.3. The number of amides is 1. The highest BCUT2D eigenvalue weighted by Crippen LogP contribution is 2.41. The fourth-order valence-corrected chi connectivity index (χ4v) is 5.59. The third-order valence-electron chi connectivity index (χ3n) is 4.85. The zero-order valence-corrected chi connectivity index (χ0v) is 17.7. The van der Waals surface area contributed by atoms with Gasteiger partial charge in [0.1, 0.15) is 6.54 Å². The standard InChI is InChI=1S/C20H14BrN3O5S/c21-14-8-17-16(28-11-29-17)7-13(14)9-22-23-19(25)10-24-15-5-1-3-12-4-2-6-18(20(12)15)30(24,26)27/h1-9H,10-11H2,(H,23,25)/b22-9-. The molecule has 0 aromatic heterocycles. The van der Waals surface area contributed by atoms with E-state index in [1.165, 1.54) is 6.21 Å². The number of hydrazone groups is 1. The number of anilines is 1. The second-order valence-electron chi connectivity index (χ2n) is 6.66. The maximum atomic E-state index is 12.9. The number of nitrogens with one attached hydrogen (secondary N) is 1. The number of hydrogen-bond donors (Lipinski definition) is 1. The van der Waals surface area contributed by atoms with E-state index in [9.17, 15) is 13.2 Å². The molecule has 0 radical (unpaired) electrons. The van der Waals surface area contributed by atoms with E-state index in [0.717, 1.165) is 9.69 Å². The second-order valence-corrected chi connectivity index (χ2v) is 9.35. The maximum Gasteiger partial charge on any atom is 0.265 e. The van der Waals surface area contributed by atoms with E-state index in [2.05, 4.69) is 26.5 Å². The highest BCUT2D eigenvalue weighted by molar-refractivity contribution is 9.10. The van der Waals surface area contributed by atoms with Crippen molar-refractivity contribution in [3.8, 4) is 11.5 Å². The number of carbonyl (C=O) groups is 1. The fraction of sp³-hybridized carbons (Fsp3) is 0.100. The van der Waals surface area contributed by atoms with Crippen LogP contribution in [-0.2, 0) is 14.8 Å². The molecular formula is C20H14BrN3O5S. The average Bonchev–Trinajstić information content (AvgIpc) is 3.25. The lowest BCUT2D eigenvalue weighted by atomic mass is 10.1. The van der Waals surface area contributed by atoms with Crippen molar-refractivity contribution >= 4 is 54.5 Å². The lowest BCUT2D eigenvalue weighted by molar-refractivity contribution is -0.119. The van der Waals surface area contributed by atoms with Gasteiger partial charge in [-0.3, -0.25) is 9.10 Å². The van der Waals surface area contributed by atoms with Gasteiger partial charge >= 0.3 is 0 Å². The molecule has 0 spiro atoms. The summed E-state index contributed by atoms with van der Waals surface area (Å²) >= 11 is 3.41. The third-order valence-corrected chi connectivity index (χ3v) is 7.34. The van der Waals surface area contributed by atoms with Gasteiger partial charge in [-0.1, -0.05) is 24.3 Å². The summed E-state index contributed by atoms with van der Waals surface area (Å²) in [5.74, 6) is 0.646. The predicted molar refractivity (Wildman–Crippen MR) is 114 cm³/mol. The van der Waals surface area contributed by atoms with Gasteiger partial charge in [-0.2, -0.15) is 5.10 Å². The van der Waals surface area contributed by atoms with Crippen LogP contribution in [0.2, 0.25) is 0 Å². The molecule has 3 aromatic carbocycles. The summed E-state index contributed by atoms with van der Waals surface area (Å²) in [7, 11) is -3.80. The topological polar surface area (TPSA) is 97.3 Å². The van der Waals surface area contributed by atoms with Crippen LogP contribution in [0.25, 0.3) is 10.8 Å². The predicted octanol–water partition coefficient (Wildman–Crippen LogP) is 2.99. The number of benzene rings is 3. The Labute approximate surface area is 180 Å². The summed E-state index contributed by atoms with van der Waals surface area (Å²) in [5, 5.41) is 5.38. The normalized spacial score (nSPS) is 15.8. The molecule has 2 aliphatic rings. The first-order valence-corrected chi connectivity index (χ1v) is 11.1. The number of carbonyl (C=O) groups excluding carboxylic acids is 1. The number of sulfonamides is 1. The molecule has 0 saturated heterocycles. The van der Waals surface area contributed by atoms with Crippen molar-refractivity contribution in [2.75, 3.05) is 17.6 Å². The summed E-state index contributed by atoms with van der Waals surface area (Å²) in [6.07, 6.45) is 1.44. The summed E-state index contributed by atoms with van der Waals surface area (Å²) in [6.45, 7) is -0.228. The molecule has 1 amide bonds. The first-order chi connectivity index (χ1) is 14.4. The van der Waals surface area contributed by atoms with Gasteiger partial charge in [0.15, 0.2) is 11.5 Å². The minimum absolute atomic E-state index is 0.151. The van der Waals surface area contributed by atoms with Gasteiger partial charge in [0, 0.05) is 15.4 Å². The molecule has 0 atom stereocenters. The first kappa shape index (κ1) is 18.9. The molecule has 5 rings (SSSR count). The van der Waals surface area contributed by atoms with E-state index in [1.54, 1.807) is 36.4 Å². The van der Waals surface area contributed by atoms with Crippen molar-refractivity contribution in [3.05, 3.63) is 58.6 Å². The molecule has 10 heteroatoms. The summed E-state index contributed by atoms with van der Waals surface area (Å²) in [6, 6.07) is 13.9. The van der Waals surface area contributed by atoms with Gasteiger partial charge < -0.3 is 9.47 Å². The molecule has 8 nitrogen and oxygen atoms in total. The largest absolute Gasteiger partial charge is 0.454 e. The number of rotatable bonds is 4. The van der Waals surface area contributed by atoms with Gasteiger partial charge in [-0.05, 0) is 45.6 Å². The monoisotopic (exact) mass is 487 g/mol. The Kier molecular flexibility index (Phi) is 4.40. The van der Waals surface area contributed by atoms with Gasteiger partial charge in [0.25, 0.3) is 15.9 Å². The van der Waals surface area contributed by atoms with Crippen LogP contribution in [0, 0.1) is 0 Å². The smallest absolute Gasteiger partial charge is 0.265 e. The van der Waals surface area contributed by atoms with Crippen molar-refractivity contribution < 1.29 is 22.7 Å². The third kappa shape index (κ3) is 2.99. The van der Waals surface area contributed by atoms with E-state index in [4.69, 9.17) is 9.47 Å². The SMILES string of the molecule is O=C(CN1c2cccc3cccc(c23)S1(=O)=O)N/N=C\c1cc2c(cc1Br)OCO2. The van der Waals surface area contributed by atoms with Crippen molar-refractivity contribution in [2.24, 2.45) is 5.10 Å². The van der Waals surface area contributed by atoms with Crippen molar-refractivity contribution in [1.29, 1.82) is 0 Å². The minimum atomic E-state index is -3.80. The molecular weight excluding hydrogens is 474 g/mol. The molecule has 0 saturated carbocycles. The Hall–Kier alpha value is -3.11. The number of nitrogens with zero attached hydrogens (tertiary/aromatic N) is 2. The quantitative estimate of drug-likeness (QED) is 0.450. The van der Waals surface area contributed by atoms with Gasteiger partial charge in [0.05, 0.1) is 16.8 Å². The number of hydrogen-bond acceptors (Lipinski definition) is 6. The molecule has 0 fully saturated rings. The minimum Gasteiger partial charge on any atom is -0.454 e. The van der Waals surface area contributed by atoms with Crippen LogP contribution in [0.5, 0.6) is 11.5 Å². The lowest BCUT2D eigenvalue weighted by Crippen LogP contribution is -2.37. The molecule has 0 unspecified atom stereocenters. The van der Waals surface area contributed by atoms with Gasteiger partial charge in [0.2, 0.25) is 6.79 Å². The zero-order chi connectivity index (χ0) is 20.9. The average molecular weight is 488 g/mol. The molecule has 30 heavy (non-hydrogen) atoms. The zero-order valence-electron chi connectivity index (χ0n) is 15.3. The fourth-order valence-electron chi connectivity index (χ4n) is 3.50. The second kappa shape index (κ2) is 6.99. The Morgan fingerprint density at radius 1 is 1.17 bits per heavy atom. The Morgan fingerprint density at radius 2 is 1.90 bits per heavy atom. The number of fused-ring (bicyclic) bond motifs is 1. The van der Waals surface area contributed by atoms with Crippen LogP contribution in [0.4, 0.5) is 5.69 Å². The Balaban J connectivity index is 1.34. The van der Waals surface area contributed by atoms with Crippen molar-refractivity contribution in [2.45, 2.75) is 4.90 Å². The Bertz CT molecular complexity index is 1330. The highest BCUT2D eigenvalue weighted by atomic mass is 79.9. The number of halogens is 1. The molecule has 0 aliphatic carbocycles. The molecule has 152 valence electrons. The van der Waals surface area contributed by atoms with E-state index in [-0.39, 0.29) is 18.2 Å². The van der Waals surface area contributed by atoms with Gasteiger partial charge in [-0.25, -0.2) is 13.8 Å². The molecule has 2 aliphatic heterocycles. The van der Waals surface area contributed by atoms with Gasteiger partial charge in [-0.15, -0.1) is 0 Å². The van der Waals surface area contributed by atoms with Crippen LogP contribution in [0.15, 0.2) is 63.0 Å². The van der Waals surface area contributed by atoms with E-state index in [1.807, 2.05) is 12.1 Å². The van der Waals surface area contributed by atoms with Crippen LogP contribution in [-0.4, -0.2) is 33.9 Å². The lowest BCUT2D eigenvalue weighted by Gasteiger charge is -2.17. The summed E-state index contributed by atoms with van der Waals surface area (Å²) in [5.41, 5.74) is 3.54. The molecule has 1 N–H and O–H groups in total.